The van der Waals surface area contributed by atoms with Crippen LogP contribution in [-0.4, -0.2) is 26.3 Å². The van der Waals surface area contributed by atoms with E-state index >= 15 is 0 Å². The molecule has 0 amide bonds. The van der Waals surface area contributed by atoms with Crippen LogP contribution in [-0.2, 0) is 0 Å². The average molecular weight is 227 g/mol. The maximum absolute atomic E-state index is 11.0. The SMILES string of the molecule is O=C(O)c1cn[nH]c1-c1ccc2[nH]ccc2c1. The maximum atomic E-state index is 11.0. The van der Waals surface area contributed by atoms with E-state index in [4.69, 9.17) is 5.11 Å². The van der Waals surface area contributed by atoms with Crippen LogP contribution in [0.5, 0.6) is 0 Å². The van der Waals surface area contributed by atoms with Crippen LogP contribution in [0.25, 0.3) is 22.2 Å². The van der Waals surface area contributed by atoms with Crippen molar-refractivity contribution in [3.8, 4) is 11.3 Å². The summed E-state index contributed by atoms with van der Waals surface area (Å²) in [5, 5.41) is 16.6. The van der Waals surface area contributed by atoms with Gasteiger partial charge in [0.15, 0.2) is 0 Å². The lowest BCUT2D eigenvalue weighted by Gasteiger charge is -2.00. The lowest BCUT2D eigenvalue weighted by molar-refractivity contribution is 0.0698. The fourth-order valence-corrected chi connectivity index (χ4v) is 1.88. The van der Waals surface area contributed by atoms with Gasteiger partial charge < -0.3 is 10.1 Å². The molecule has 0 fully saturated rings. The normalized spacial score (nSPS) is 10.8. The van der Waals surface area contributed by atoms with Crippen LogP contribution >= 0.6 is 0 Å². The molecule has 2 heterocycles. The number of carboxylic acid groups (broad SMARTS) is 1. The van der Waals surface area contributed by atoms with Gasteiger partial charge in [0.05, 0.1) is 11.9 Å². The Hall–Kier alpha value is -2.56. The van der Waals surface area contributed by atoms with Gasteiger partial charge in [0.1, 0.15) is 5.56 Å². The number of carbonyl (C=O) groups is 1. The molecule has 0 atom stereocenters. The second-order valence-corrected chi connectivity index (χ2v) is 3.74. The number of aromatic amines is 2. The number of nitrogens with zero attached hydrogens (tertiary/aromatic N) is 1. The number of fused-ring (bicyclic) bond motifs is 1. The molecule has 0 saturated carbocycles. The molecule has 0 saturated heterocycles. The Labute approximate surface area is 96.1 Å². The molecule has 17 heavy (non-hydrogen) atoms. The molecular formula is C12H9N3O2. The van der Waals surface area contributed by atoms with Crippen LogP contribution < -0.4 is 0 Å². The van der Waals surface area contributed by atoms with Crippen LogP contribution in [0.15, 0.2) is 36.7 Å². The minimum absolute atomic E-state index is 0.180. The number of benzene rings is 1. The fourth-order valence-electron chi connectivity index (χ4n) is 1.88. The molecule has 84 valence electrons. The number of H-pyrrole nitrogens is 2. The molecule has 0 unspecified atom stereocenters. The maximum Gasteiger partial charge on any atom is 0.339 e. The highest BCUT2D eigenvalue weighted by Crippen LogP contribution is 2.24. The van der Waals surface area contributed by atoms with Crippen molar-refractivity contribution in [2.24, 2.45) is 0 Å². The molecule has 2 aromatic heterocycles. The molecule has 0 radical (unpaired) electrons. The summed E-state index contributed by atoms with van der Waals surface area (Å²) in [5.41, 5.74) is 2.54. The van der Waals surface area contributed by atoms with Gasteiger partial charge in [-0.05, 0) is 18.2 Å². The van der Waals surface area contributed by atoms with Crippen LogP contribution in [0.3, 0.4) is 0 Å². The summed E-state index contributed by atoms with van der Waals surface area (Å²) in [7, 11) is 0. The smallest absolute Gasteiger partial charge is 0.339 e. The molecule has 0 bridgehead atoms. The van der Waals surface area contributed by atoms with E-state index in [0.717, 1.165) is 16.5 Å². The summed E-state index contributed by atoms with van der Waals surface area (Å²) in [5.74, 6) is -0.983. The molecule has 1 aromatic carbocycles. The number of carboxylic acids is 1. The van der Waals surface area contributed by atoms with E-state index in [1.807, 2.05) is 30.5 Å². The van der Waals surface area contributed by atoms with E-state index in [0.29, 0.717) is 5.69 Å². The fraction of sp³-hybridized carbons (Fsp3) is 0. The molecule has 3 N–H and O–H groups in total. The molecule has 0 aliphatic heterocycles. The van der Waals surface area contributed by atoms with Gasteiger partial charge in [0, 0.05) is 22.7 Å². The predicted octanol–water partition coefficient (Wildman–Crippen LogP) is 2.26. The highest BCUT2D eigenvalue weighted by molar-refractivity contribution is 5.96. The molecule has 0 aliphatic carbocycles. The Balaban J connectivity index is 2.19. The van der Waals surface area contributed by atoms with Crippen molar-refractivity contribution in [2.75, 3.05) is 0 Å². The van der Waals surface area contributed by atoms with Gasteiger partial charge in [-0.15, -0.1) is 0 Å². The Bertz CT molecular complexity index is 696. The van der Waals surface area contributed by atoms with Gasteiger partial charge in [-0.1, -0.05) is 6.07 Å². The number of hydrogen-bond acceptors (Lipinski definition) is 2. The standard InChI is InChI=1S/C12H9N3O2/c16-12(17)9-6-14-15-11(9)8-1-2-10-7(5-8)3-4-13-10/h1-6,13H,(H,14,15)(H,16,17). The zero-order valence-electron chi connectivity index (χ0n) is 8.77. The summed E-state index contributed by atoms with van der Waals surface area (Å²) in [6, 6.07) is 7.64. The second kappa shape index (κ2) is 3.48. The zero-order valence-corrected chi connectivity index (χ0v) is 8.77. The largest absolute Gasteiger partial charge is 0.478 e. The van der Waals surface area contributed by atoms with Crippen molar-refractivity contribution in [2.45, 2.75) is 0 Å². The second-order valence-electron chi connectivity index (χ2n) is 3.74. The first-order valence-electron chi connectivity index (χ1n) is 5.10. The summed E-state index contributed by atoms with van der Waals surface area (Å²) < 4.78 is 0. The number of rotatable bonds is 2. The molecule has 3 rings (SSSR count). The molecule has 3 aromatic rings. The third-order valence-electron chi connectivity index (χ3n) is 2.71. The first-order chi connectivity index (χ1) is 8.25. The van der Waals surface area contributed by atoms with E-state index < -0.39 is 5.97 Å². The Morgan fingerprint density at radius 1 is 1.29 bits per heavy atom. The van der Waals surface area contributed by atoms with Crippen molar-refractivity contribution in [1.82, 2.24) is 15.2 Å². The van der Waals surface area contributed by atoms with Gasteiger partial charge in [-0.25, -0.2) is 4.79 Å². The average Bonchev–Trinajstić information content (AvgIpc) is 2.96. The Kier molecular flexibility index (Phi) is 1.98. The molecule has 5 nitrogen and oxygen atoms in total. The lowest BCUT2D eigenvalue weighted by Crippen LogP contribution is -1.96. The topological polar surface area (TPSA) is 81.8 Å². The number of nitrogens with one attached hydrogen (secondary N) is 2. The monoisotopic (exact) mass is 227 g/mol. The van der Waals surface area contributed by atoms with Gasteiger partial charge >= 0.3 is 5.97 Å². The summed E-state index contributed by atoms with van der Waals surface area (Å²) in [6.07, 6.45) is 3.17. The molecular weight excluding hydrogens is 218 g/mol. The third kappa shape index (κ3) is 1.48. The first-order valence-corrected chi connectivity index (χ1v) is 5.10. The van der Waals surface area contributed by atoms with Crippen LogP contribution in [0.2, 0.25) is 0 Å². The summed E-state index contributed by atoms with van der Waals surface area (Å²) >= 11 is 0. The van der Waals surface area contributed by atoms with Crippen molar-refractivity contribution in [1.29, 1.82) is 0 Å². The molecule has 5 heteroatoms. The lowest BCUT2D eigenvalue weighted by atomic mass is 10.1. The van der Waals surface area contributed by atoms with Crippen molar-refractivity contribution in [3.63, 3.8) is 0 Å². The molecule has 0 aliphatic rings. The van der Waals surface area contributed by atoms with Gasteiger partial charge in [0.2, 0.25) is 0 Å². The quantitative estimate of drug-likeness (QED) is 0.628. The van der Waals surface area contributed by atoms with Crippen molar-refractivity contribution in [3.05, 3.63) is 42.2 Å². The van der Waals surface area contributed by atoms with Gasteiger partial charge in [-0.2, -0.15) is 5.10 Å². The summed E-state index contributed by atoms with van der Waals surface area (Å²) in [4.78, 5) is 14.1. The van der Waals surface area contributed by atoms with Crippen molar-refractivity contribution < 1.29 is 9.90 Å². The Morgan fingerprint density at radius 2 is 2.18 bits per heavy atom. The van der Waals surface area contributed by atoms with Gasteiger partial charge in [-0.3, -0.25) is 5.10 Å². The Morgan fingerprint density at radius 3 is 3.00 bits per heavy atom. The van der Waals surface area contributed by atoms with E-state index in [2.05, 4.69) is 15.2 Å². The van der Waals surface area contributed by atoms with E-state index in [-0.39, 0.29) is 5.56 Å². The predicted molar refractivity (Wildman–Crippen MR) is 62.8 cm³/mol. The zero-order chi connectivity index (χ0) is 11.8. The van der Waals surface area contributed by atoms with Crippen LogP contribution in [0.4, 0.5) is 0 Å². The summed E-state index contributed by atoms with van der Waals surface area (Å²) in [6.45, 7) is 0. The van der Waals surface area contributed by atoms with E-state index in [9.17, 15) is 4.79 Å². The van der Waals surface area contributed by atoms with E-state index in [1.165, 1.54) is 6.20 Å². The number of hydrogen-bond donors (Lipinski definition) is 3. The van der Waals surface area contributed by atoms with Crippen molar-refractivity contribution >= 4 is 16.9 Å². The highest BCUT2D eigenvalue weighted by Gasteiger charge is 2.14. The minimum atomic E-state index is -0.983. The van der Waals surface area contributed by atoms with E-state index in [1.54, 1.807) is 0 Å². The minimum Gasteiger partial charge on any atom is -0.478 e. The highest BCUT2D eigenvalue weighted by atomic mass is 16.4. The number of aromatic nitrogens is 3. The van der Waals surface area contributed by atoms with Crippen LogP contribution in [0.1, 0.15) is 10.4 Å². The first kappa shape index (κ1) is 9.65. The molecule has 0 spiro atoms. The van der Waals surface area contributed by atoms with Crippen LogP contribution in [0, 0.1) is 0 Å². The van der Waals surface area contributed by atoms with Gasteiger partial charge in [0.25, 0.3) is 0 Å². The third-order valence-corrected chi connectivity index (χ3v) is 2.71. The number of aromatic carboxylic acids is 1.